The van der Waals surface area contributed by atoms with E-state index in [4.69, 9.17) is 5.73 Å². The first kappa shape index (κ1) is 10.1. The van der Waals surface area contributed by atoms with Gasteiger partial charge in [0.15, 0.2) is 0 Å². The van der Waals surface area contributed by atoms with Gasteiger partial charge in [-0.15, -0.1) is 0 Å². The van der Waals surface area contributed by atoms with Crippen LogP contribution in [0.5, 0.6) is 0 Å². The quantitative estimate of drug-likeness (QED) is 0.617. The molecule has 0 aromatic heterocycles. The third-order valence-corrected chi connectivity index (χ3v) is 1.31. The number of hydrogen-bond donors (Lipinski definition) is 1. The van der Waals surface area contributed by atoms with Crippen LogP contribution >= 0.6 is 0 Å². The molecule has 0 heterocycles. The average Bonchev–Trinajstić information content (AvgIpc) is 2.03. The molecule has 1 atom stereocenters. The van der Waals surface area contributed by atoms with Gasteiger partial charge in [0.25, 0.3) is 0 Å². The molecule has 2 N–H and O–H groups in total. The van der Waals surface area contributed by atoms with Crippen molar-refractivity contribution in [2.45, 2.75) is 13.1 Å². The Kier molecular flexibility index (Phi) is 5.39. The molecule has 0 fully saturated rings. The van der Waals surface area contributed by atoms with Gasteiger partial charge in [-0.25, -0.2) is 4.39 Å². The fraction of sp³-hybridized carbons (Fsp3) is 0.333. The molecule has 0 rings (SSSR count). The Balaban J connectivity index is 3.98. The van der Waals surface area contributed by atoms with Crippen LogP contribution in [0.15, 0.2) is 36.5 Å². The van der Waals surface area contributed by atoms with Gasteiger partial charge in [0.05, 0.1) is 0 Å². The van der Waals surface area contributed by atoms with Crippen molar-refractivity contribution in [1.29, 1.82) is 0 Å². The number of hydrogen-bond acceptors (Lipinski definition) is 1. The Morgan fingerprint density at radius 3 is 2.73 bits per heavy atom. The molecule has 0 spiro atoms. The summed E-state index contributed by atoms with van der Waals surface area (Å²) in [5.74, 6) is 0. The van der Waals surface area contributed by atoms with Gasteiger partial charge in [-0.3, -0.25) is 0 Å². The van der Waals surface area contributed by atoms with Crippen molar-refractivity contribution >= 4 is 0 Å². The van der Waals surface area contributed by atoms with Gasteiger partial charge in [0.2, 0.25) is 0 Å². The first-order chi connectivity index (χ1) is 5.22. The van der Waals surface area contributed by atoms with Crippen molar-refractivity contribution in [1.82, 2.24) is 0 Å². The van der Waals surface area contributed by atoms with Crippen molar-refractivity contribution in [2.24, 2.45) is 5.73 Å². The Bertz CT molecular complexity index is 170. The molecule has 0 amide bonds. The fourth-order valence-corrected chi connectivity index (χ4v) is 0.576. The summed E-state index contributed by atoms with van der Waals surface area (Å²) >= 11 is 0. The average molecular weight is 155 g/mol. The summed E-state index contributed by atoms with van der Waals surface area (Å²) in [6, 6.07) is 0. The smallest absolute Gasteiger partial charge is 0.133 e. The molecular weight excluding hydrogens is 141 g/mol. The predicted molar refractivity (Wildman–Crippen MR) is 47.0 cm³/mol. The van der Waals surface area contributed by atoms with Gasteiger partial charge in [0, 0.05) is 6.54 Å². The number of allylic oxidation sites excluding steroid dienone is 4. The van der Waals surface area contributed by atoms with Crippen molar-refractivity contribution in [2.75, 3.05) is 6.54 Å². The van der Waals surface area contributed by atoms with Crippen LogP contribution in [-0.4, -0.2) is 12.7 Å². The lowest BCUT2D eigenvalue weighted by Crippen LogP contribution is -2.15. The van der Waals surface area contributed by atoms with Gasteiger partial charge in [-0.2, -0.15) is 0 Å². The lowest BCUT2D eigenvalue weighted by Gasteiger charge is -2.02. The summed E-state index contributed by atoms with van der Waals surface area (Å²) in [6.45, 7) is 5.25. The summed E-state index contributed by atoms with van der Waals surface area (Å²) < 4.78 is 12.7. The van der Waals surface area contributed by atoms with Crippen molar-refractivity contribution < 1.29 is 4.39 Å². The monoisotopic (exact) mass is 155 g/mol. The first-order valence-electron chi connectivity index (χ1n) is 3.52. The highest BCUT2D eigenvalue weighted by Gasteiger charge is 2.02. The lowest BCUT2D eigenvalue weighted by molar-refractivity contribution is 0.390. The molecule has 11 heavy (non-hydrogen) atoms. The summed E-state index contributed by atoms with van der Waals surface area (Å²) in [7, 11) is 0. The summed E-state index contributed by atoms with van der Waals surface area (Å²) in [5.41, 5.74) is 5.76. The fourth-order valence-electron chi connectivity index (χ4n) is 0.576. The Morgan fingerprint density at radius 2 is 2.27 bits per heavy atom. The van der Waals surface area contributed by atoms with Crippen LogP contribution < -0.4 is 5.73 Å². The zero-order valence-corrected chi connectivity index (χ0v) is 6.76. The predicted octanol–water partition coefficient (Wildman–Crippen LogP) is 1.97. The van der Waals surface area contributed by atoms with Gasteiger partial charge < -0.3 is 5.73 Å². The SMILES string of the molecule is C=C/C=C\C=C(/C)C(F)CN. The van der Waals surface area contributed by atoms with E-state index in [1.54, 1.807) is 31.2 Å². The van der Waals surface area contributed by atoms with Crippen molar-refractivity contribution in [3.05, 3.63) is 36.5 Å². The second-order valence-electron chi connectivity index (χ2n) is 2.23. The van der Waals surface area contributed by atoms with Gasteiger partial charge in [0.1, 0.15) is 6.17 Å². The molecule has 2 heteroatoms. The summed E-state index contributed by atoms with van der Waals surface area (Å²) in [4.78, 5) is 0. The van der Waals surface area contributed by atoms with E-state index in [-0.39, 0.29) is 6.54 Å². The highest BCUT2D eigenvalue weighted by atomic mass is 19.1. The minimum atomic E-state index is -1.02. The number of halogens is 1. The highest BCUT2D eigenvalue weighted by Crippen LogP contribution is 2.03. The standard InChI is InChI=1S/C9H14FN/c1-3-4-5-6-8(2)9(10)7-11/h3-6,9H,1,7,11H2,2H3/b5-4-,8-6+. The molecule has 62 valence electrons. The molecule has 0 aliphatic rings. The van der Waals surface area contributed by atoms with Gasteiger partial charge in [-0.05, 0) is 12.5 Å². The minimum Gasteiger partial charge on any atom is -0.327 e. The summed E-state index contributed by atoms with van der Waals surface area (Å²) in [6.07, 6.45) is 5.79. The molecule has 0 aliphatic heterocycles. The summed E-state index contributed by atoms with van der Waals surface area (Å²) in [5, 5.41) is 0. The van der Waals surface area contributed by atoms with Crippen LogP contribution in [0.3, 0.4) is 0 Å². The number of rotatable bonds is 4. The Labute approximate surface area is 67.1 Å². The van der Waals surface area contributed by atoms with Crippen LogP contribution in [0.4, 0.5) is 4.39 Å². The topological polar surface area (TPSA) is 26.0 Å². The molecule has 0 bridgehead atoms. The molecule has 0 aromatic carbocycles. The van der Waals surface area contributed by atoms with Gasteiger partial charge in [-0.1, -0.05) is 30.9 Å². The zero-order valence-electron chi connectivity index (χ0n) is 6.76. The number of alkyl halides is 1. The van der Waals surface area contributed by atoms with Crippen molar-refractivity contribution in [3.8, 4) is 0 Å². The second-order valence-corrected chi connectivity index (χ2v) is 2.23. The molecule has 1 nitrogen and oxygen atoms in total. The molecule has 0 radical (unpaired) electrons. The van der Waals surface area contributed by atoms with E-state index in [1.807, 2.05) is 0 Å². The van der Waals surface area contributed by atoms with E-state index in [2.05, 4.69) is 6.58 Å². The molecule has 0 aliphatic carbocycles. The largest absolute Gasteiger partial charge is 0.327 e. The third-order valence-electron chi connectivity index (χ3n) is 1.31. The van der Waals surface area contributed by atoms with Gasteiger partial charge >= 0.3 is 0 Å². The maximum atomic E-state index is 12.7. The third kappa shape index (κ3) is 4.51. The first-order valence-corrected chi connectivity index (χ1v) is 3.52. The maximum Gasteiger partial charge on any atom is 0.133 e. The van der Waals surface area contributed by atoms with E-state index in [0.717, 1.165) is 0 Å². The Hall–Kier alpha value is -0.890. The van der Waals surface area contributed by atoms with E-state index >= 15 is 0 Å². The Morgan fingerprint density at radius 1 is 1.64 bits per heavy atom. The van der Waals surface area contributed by atoms with E-state index in [0.29, 0.717) is 5.57 Å². The normalized spacial score (nSPS) is 15.4. The van der Waals surface area contributed by atoms with E-state index < -0.39 is 6.17 Å². The molecular formula is C9H14FN. The van der Waals surface area contributed by atoms with E-state index in [1.165, 1.54) is 0 Å². The van der Waals surface area contributed by atoms with Crippen LogP contribution in [0.1, 0.15) is 6.92 Å². The van der Waals surface area contributed by atoms with Crippen LogP contribution in [0.2, 0.25) is 0 Å². The van der Waals surface area contributed by atoms with Crippen LogP contribution in [0, 0.1) is 0 Å². The lowest BCUT2D eigenvalue weighted by atomic mass is 10.2. The van der Waals surface area contributed by atoms with Crippen LogP contribution in [0.25, 0.3) is 0 Å². The highest BCUT2D eigenvalue weighted by molar-refractivity contribution is 5.17. The zero-order chi connectivity index (χ0) is 8.69. The van der Waals surface area contributed by atoms with Crippen molar-refractivity contribution in [3.63, 3.8) is 0 Å². The number of nitrogens with two attached hydrogens (primary N) is 1. The minimum absolute atomic E-state index is 0.0459. The maximum absolute atomic E-state index is 12.7. The molecule has 0 aromatic rings. The molecule has 1 unspecified atom stereocenters. The van der Waals surface area contributed by atoms with E-state index in [9.17, 15) is 4.39 Å². The second kappa shape index (κ2) is 5.86. The van der Waals surface area contributed by atoms with Crippen LogP contribution in [-0.2, 0) is 0 Å². The molecule has 0 saturated heterocycles. The molecule has 0 saturated carbocycles.